The number of carbonyl (C=O) groups is 1. The van der Waals surface area contributed by atoms with E-state index in [4.69, 9.17) is 0 Å². The smallest absolute Gasteiger partial charge is 0.234 e. The SMILES string of the molecule is O=C1CNC(c2cccnc2)CN1. The number of aromatic nitrogens is 1. The van der Waals surface area contributed by atoms with Gasteiger partial charge in [-0.05, 0) is 11.6 Å². The van der Waals surface area contributed by atoms with Crippen LogP contribution < -0.4 is 10.6 Å². The third-order valence-electron chi connectivity index (χ3n) is 2.10. The number of hydrogen-bond acceptors (Lipinski definition) is 3. The molecule has 4 heteroatoms. The van der Waals surface area contributed by atoms with Gasteiger partial charge in [-0.25, -0.2) is 0 Å². The summed E-state index contributed by atoms with van der Waals surface area (Å²) in [6.45, 7) is 1.03. The Morgan fingerprint density at radius 2 is 2.46 bits per heavy atom. The Kier molecular flexibility index (Phi) is 2.23. The molecule has 1 aromatic rings. The van der Waals surface area contributed by atoms with Gasteiger partial charge in [0.25, 0.3) is 0 Å². The zero-order chi connectivity index (χ0) is 9.10. The van der Waals surface area contributed by atoms with E-state index < -0.39 is 0 Å². The first-order chi connectivity index (χ1) is 6.36. The van der Waals surface area contributed by atoms with Crippen LogP contribution in [-0.4, -0.2) is 24.0 Å². The lowest BCUT2D eigenvalue weighted by molar-refractivity contribution is -0.121. The number of amides is 1. The molecule has 0 bridgehead atoms. The molecule has 1 unspecified atom stereocenters. The minimum atomic E-state index is 0.0557. The van der Waals surface area contributed by atoms with Gasteiger partial charge in [-0.3, -0.25) is 15.1 Å². The molecule has 0 radical (unpaired) electrons. The highest BCUT2D eigenvalue weighted by Gasteiger charge is 2.17. The third-order valence-corrected chi connectivity index (χ3v) is 2.10. The van der Waals surface area contributed by atoms with Crippen molar-refractivity contribution in [2.24, 2.45) is 0 Å². The lowest BCUT2D eigenvalue weighted by Gasteiger charge is -2.23. The van der Waals surface area contributed by atoms with Crippen molar-refractivity contribution in [3.63, 3.8) is 0 Å². The maximum absolute atomic E-state index is 10.9. The molecule has 1 aromatic heterocycles. The Bertz CT molecular complexity index is 289. The van der Waals surface area contributed by atoms with Gasteiger partial charge in [0.1, 0.15) is 0 Å². The molecule has 0 saturated carbocycles. The van der Waals surface area contributed by atoms with Crippen LogP contribution in [0.4, 0.5) is 0 Å². The van der Waals surface area contributed by atoms with Crippen LogP contribution in [0.2, 0.25) is 0 Å². The normalized spacial score (nSPS) is 22.5. The lowest BCUT2D eigenvalue weighted by Crippen LogP contribution is -2.46. The standard InChI is InChI=1S/C9H11N3O/c13-9-6-11-8(5-12-9)7-2-1-3-10-4-7/h1-4,8,11H,5-6H2,(H,12,13). The maximum Gasteiger partial charge on any atom is 0.234 e. The molecular weight excluding hydrogens is 166 g/mol. The van der Waals surface area contributed by atoms with Crippen molar-refractivity contribution >= 4 is 5.91 Å². The molecule has 2 N–H and O–H groups in total. The fraction of sp³-hybridized carbons (Fsp3) is 0.333. The van der Waals surface area contributed by atoms with E-state index in [1.807, 2.05) is 18.3 Å². The number of carbonyl (C=O) groups excluding carboxylic acids is 1. The van der Waals surface area contributed by atoms with E-state index >= 15 is 0 Å². The molecule has 1 saturated heterocycles. The summed E-state index contributed by atoms with van der Waals surface area (Å²) in [6, 6.07) is 4.10. The van der Waals surface area contributed by atoms with E-state index in [2.05, 4.69) is 15.6 Å². The number of pyridine rings is 1. The van der Waals surface area contributed by atoms with Crippen LogP contribution in [0.15, 0.2) is 24.5 Å². The number of nitrogens with zero attached hydrogens (tertiary/aromatic N) is 1. The van der Waals surface area contributed by atoms with Gasteiger partial charge < -0.3 is 5.32 Å². The quantitative estimate of drug-likeness (QED) is 0.627. The van der Waals surface area contributed by atoms with Gasteiger partial charge in [-0.1, -0.05) is 6.07 Å². The van der Waals surface area contributed by atoms with E-state index in [0.717, 1.165) is 5.56 Å². The maximum atomic E-state index is 10.9. The molecule has 68 valence electrons. The predicted octanol–water partition coefficient (Wildman–Crippen LogP) is -0.158. The fourth-order valence-electron chi connectivity index (χ4n) is 1.38. The second-order valence-corrected chi connectivity index (χ2v) is 3.02. The van der Waals surface area contributed by atoms with Gasteiger partial charge in [0, 0.05) is 18.9 Å². The van der Waals surface area contributed by atoms with Crippen LogP contribution in [-0.2, 0) is 4.79 Å². The summed E-state index contributed by atoms with van der Waals surface area (Å²) >= 11 is 0. The lowest BCUT2D eigenvalue weighted by atomic mass is 10.1. The first-order valence-corrected chi connectivity index (χ1v) is 4.26. The zero-order valence-corrected chi connectivity index (χ0v) is 7.16. The van der Waals surface area contributed by atoms with Crippen molar-refractivity contribution in [2.75, 3.05) is 13.1 Å². The van der Waals surface area contributed by atoms with E-state index in [0.29, 0.717) is 13.1 Å². The summed E-state index contributed by atoms with van der Waals surface area (Å²) in [5.74, 6) is 0.0557. The van der Waals surface area contributed by atoms with Crippen LogP contribution in [0.3, 0.4) is 0 Å². The molecule has 1 fully saturated rings. The third kappa shape index (κ3) is 1.84. The van der Waals surface area contributed by atoms with Gasteiger partial charge in [-0.15, -0.1) is 0 Å². The van der Waals surface area contributed by atoms with Crippen molar-refractivity contribution in [1.82, 2.24) is 15.6 Å². The van der Waals surface area contributed by atoms with Gasteiger partial charge in [0.2, 0.25) is 5.91 Å². The first kappa shape index (κ1) is 8.19. The molecule has 0 aromatic carbocycles. The van der Waals surface area contributed by atoms with Crippen LogP contribution >= 0.6 is 0 Å². The van der Waals surface area contributed by atoms with E-state index in [9.17, 15) is 4.79 Å². The Hall–Kier alpha value is -1.42. The second-order valence-electron chi connectivity index (χ2n) is 3.02. The molecule has 13 heavy (non-hydrogen) atoms. The van der Waals surface area contributed by atoms with Gasteiger partial charge in [0.15, 0.2) is 0 Å². The average molecular weight is 177 g/mol. The van der Waals surface area contributed by atoms with E-state index in [-0.39, 0.29) is 11.9 Å². The monoisotopic (exact) mass is 177 g/mol. The molecule has 4 nitrogen and oxygen atoms in total. The number of rotatable bonds is 1. The molecular formula is C9H11N3O. The van der Waals surface area contributed by atoms with Gasteiger partial charge >= 0.3 is 0 Å². The van der Waals surface area contributed by atoms with Crippen LogP contribution in [0.25, 0.3) is 0 Å². The molecule has 0 aliphatic carbocycles. The molecule has 2 rings (SSSR count). The highest BCUT2D eigenvalue weighted by atomic mass is 16.2. The van der Waals surface area contributed by atoms with Crippen molar-refractivity contribution < 1.29 is 4.79 Å². The number of piperazine rings is 1. The summed E-state index contributed by atoms with van der Waals surface area (Å²) in [5, 5.41) is 5.93. The van der Waals surface area contributed by atoms with Crippen LogP contribution in [0.1, 0.15) is 11.6 Å². The molecule has 1 aliphatic rings. The van der Waals surface area contributed by atoms with Crippen LogP contribution in [0, 0.1) is 0 Å². The zero-order valence-electron chi connectivity index (χ0n) is 7.16. The fourth-order valence-corrected chi connectivity index (χ4v) is 1.38. The van der Waals surface area contributed by atoms with Gasteiger partial charge in [0.05, 0.1) is 12.6 Å². The summed E-state index contributed by atoms with van der Waals surface area (Å²) in [4.78, 5) is 14.9. The van der Waals surface area contributed by atoms with Crippen molar-refractivity contribution in [3.8, 4) is 0 Å². The first-order valence-electron chi connectivity index (χ1n) is 4.26. The number of hydrogen-bond donors (Lipinski definition) is 2. The predicted molar refractivity (Wildman–Crippen MR) is 48.0 cm³/mol. The number of nitrogens with one attached hydrogen (secondary N) is 2. The highest BCUT2D eigenvalue weighted by molar-refractivity contribution is 5.78. The molecule has 0 spiro atoms. The summed E-state index contributed by atoms with van der Waals surface area (Å²) < 4.78 is 0. The molecule has 2 heterocycles. The second kappa shape index (κ2) is 3.53. The van der Waals surface area contributed by atoms with E-state index in [1.165, 1.54) is 0 Å². The molecule has 1 aliphatic heterocycles. The van der Waals surface area contributed by atoms with Crippen molar-refractivity contribution in [1.29, 1.82) is 0 Å². The van der Waals surface area contributed by atoms with E-state index in [1.54, 1.807) is 6.20 Å². The van der Waals surface area contributed by atoms with Crippen LogP contribution in [0.5, 0.6) is 0 Å². The Morgan fingerprint density at radius 1 is 1.54 bits per heavy atom. The largest absolute Gasteiger partial charge is 0.353 e. The summed E-state index contributed by atoms with van der Waals surface area (Å²) in [6.07, 6.45) is 3.56. The summed E-state index contributed by atoms with van der Waals surface area (Å²) in [5.41, 5.74) is 1.11. The highest BCUT2D eigenvalue weighted by Crippen LogP contribution is 2.11. The minimum absolute atomic E-state index is 0.0557. The minimum Gasteiger partial charge on any atom is -0.353 e. The molecule has 1 atom stereocenters. The Morgan fingerprint density at radius 3 is 3.08 bits per heavy atom. The Balaban J connectivity index is 2.07. The Labute approximate surface area is 76.4 Å². The van der Waals surface area contributed by atoms with Gasteiger partial charge in [-0.2, -0.15) is 0 Å². The average Bonchev–Trinajstić information content (AvgIpc) is 2.20. The van der Waals surface area contributed by atoms with Crippen molar-refractivity contribution in [2.45, 2.75) is 6.04 Å². The summed E-state index contributed by atoms with van der Waals surface area (Å²) in [7, 11) is 0. The topological polar surface area (TPSA) is 54.0 Å². The molecule has 1 amide bonds. The van der Waals surface area contributed by atoms with Crippen molar-refractivity contribution in [3.05, 3.63) is 30.1 Å².